The van der Waals surface area contributed by atoms with Crippen LogP contribution in [0.3, 0.4) is 0 Å². The SMILES string of the molecule is CN1CCN(C(=O)c2cc(Cc3nc(NC4CCC(O)CC4)c4sccc4n3)sn2)CC1. The third-order valence-electron chi connectivity index (χ3n) is 6.29. The van der Waals surface area contributed by atoms with E-state index in [0.717, 1.165) is 78.6 Å². The van der Waals surface area contributed by atoms with Gasteiger partial charge in [0.05, 0.1) is 16.3 Å². The average molecular weight is 473 g/mol. The van der Waals surface area contributed by atoms with Crippen molar-refractivity contribution in [3.63, 3.8) is 0 Å². The predicted molar refractivity (Wildman–Crippen MR) is 128 cm³/mol. The molecule has 1 aliphatic carbocycles. The van der Waals surface area contributed by atoms with Gasteiger partial charge in [-0.25, -0.2) is 9.97 Å². The van der Waals surface area contributed by atoms with Crippen molar-refractivity contribution in [3.05, 3.63) is 33.9 Å². The van der Waals surface area contributed by atoms with E-state index in [1.807, 2.05) is 22.4 Å². The number of thiophene rings is 1. The Morgan fingerprint density at radius 2 is 1.97 bits per heavy atom. The molecule has 1 amide bonds. The van der Waals surface area contributed by atoms with Crippen LogP contribution < -0.4 is 5.32 Å². The first-order valence-electron chi connectivity index (χ1n) is 11.2. The van der Waals surface area contributed by atoms with Crippen LogP contribution in [0.1, 0.15) is 46.9 Å². The van der Waals surface area contributed by atoms with Crippen LogP contribution in [-0.2, 0) is 6.42 Å². The van der Waals surface area contributed by atoms with Crippen LogP contribution in [0.5, 0.6) is 0 Å². The molecule has 0 bridgehead atoms. The van der Waals surface area contributed by atoms with Crippen molar-refractivity contribution in [1.82, 2.24) is 24.1 Å². The Labute approximate surface area is 195 Å². The molecule has 0 aromatic carbocycles. The molecule has 8 nitrogen and oxygen atoms in total. The third kappa shape index (κ3) is 4.78. The van der Waals surface area contributed by atoms with Gasteiger partial charge in [-0.2, -0.15) is 4.37 Å². The van der Waals surface area contributed by atoms with E-state index in [9.17, 15) is 9.90 Å². The van der Waals surface area contributed by atoms with Crippen LogP contribution in [0.2, 0.25) is 0 Å². The number of aromatic nitrogens is 3. The van der Waals surface area contributed by atoms with Crippen LogP contribution >= 0.6 is 22.9 Å². The smallest absolute Gasteiger partial charge is 0.273 e. The van der Waals surface area contributed by atoms with Gasteiger partial charge in [0, 0.05) is 43.5 Å². The lowest BCUT2D eigenvalue weighted by Crippen LogP contribution is -2.47. The topological polar surface area (TPSA) is 94.5 Å². The molecule has 3 aromatic rings. The quantitative estimate of drug-likeness (QED) is 0.590. The molecular formula is C22H28N6O2S2. The van der Waals surface area contributed by atoms with Crippen molar-refractivity contribution in [2.45, 2.75) is 44.2 Å². The summed E-state index contributed by atoms with van der Waals surface area (Å²) in [6.45, 7) is 3.28. The first kappa shape index (κ1) is 21.7. The summed E-state index contributed by atoms with van der Waals surface area (Å²) in [5.41, 5.74) is 1.46. The Morgan fingerprint density at radius 1 is 1.19 bits per heavy atom. The van der Waals surface area contributed by atoms with Gasteiger partial charge in [0.15, 0.2) is 0 Å². The summed E-state index contributed by atoms with van der Waals surface area (Å²) >= 11 is 2.99. The number of piperazine rings is 1. The predicted octanol–water partition coefficient (Wildman–Crippen LogP) is 2.84. The van der Waals surface area contributed by atoms with Gasteiger partial charge >= 0.3 is 0 Å². The molecule has 10 heteroatoms. The zero-order valence-electron chi connectivity index (χ0n) is 18.2. The third-order valence-corrected chi connectivity index (χ3v) is 7.98. The van der Waals surface area contributed by atoms with Gasteiger partial charge in [-0.1, -0.05) is 0 Å². The molecule has 3 aromatic heterocycles. The molecule has 2 N–H and O–H groups in total. The van der Waals surface area contributed by atoms with Crippen molar-refractivity contribution in [2.24, 2.45) is 0 Å². The number of carbonyl (C=O) groups excluding carboxylic acids is 1. The van der Waals surface area contributed by atoms with Crippen LogP contribution in [0.15, 0.2) is 17.5 Å². The molecule has 170 valence electrons. The van der Waals surface area contributed by atoms with Crippen LogP contribution in [-0.4, -0.2) is 80.5 Å². The van der Waals surface area contributed by atoms with Crippen LogP contribution in [0.4, 0.5) is 5.82 Å². The molecule has 5 rings (SSSR count). The first-order chi connectivity index (χ1) is 15.5. The zero-order valence-corrected chi connectivity index (χ0v) is 19.8. The summed E-state index contributed by atoms with van der Waals surface area (Å²) in [5, 5.41) is 15.4. The summed E-state index contributed by atoms with van der Waals surface area (Å²) in [7, 11) is 2.08. The van der Waals surface area contributed by atoms with E-state index >= 15 is 0 Å². The first-order valence-corrected chi connectivity index (χ1v) is 12.8. The number of rotatable bonds is 5. The minimum atomic E-state index is -0.176. The Hall–Kier alpha value is -2.14. The van der Waals surface area contributed by atoms with Crippen LogP contribution in [0.25, 0.3) is 10.2 Å². The maximum atomic E-state index is 12.8. The lowest BCUT2D eigenvalue weighted by molar-refractivity contribution is 0.0659. The molecule has 2 aliphatic rings. The van der Waals surface area contributed by atoms with E-state index in [4.69, 9.17) is 9.97 Å². The molecule has 1 aliphatic heterocycles. The number of nitrogens with zero attached hydrogens (tertiary/aromatic N) is 5. The molecule has 0 atom stereocenters. The van der Waals surface area contributed by atoms with Crippen LogP contribution in [0, 0.1) is 0 Å². The maximum absolute atomic E-state index is 12.8. The molecule has 0 spiro atoms. The van der Waals surface area contributed by atoms with Gasteiger partial charge in [0.25, 0.3) is 5.91 Å². The van der Waals surface area contributed by atoms with Crippen molar-refractivity contribution < 1.29 is 9.90 Å². The Kier molecular flexibility index (Phi) is 6.36. The molecule has 1 saturated heterocycles. The highest BCUT2D eigenvalue weighted by Gasteiger charge is 2.24. The number of hydrogen-bond acceptors (Lipinski definition) is 9. The second kappa shape index (κ2) is 9.38. The lowest BCUT2D eigenvalue weighted by atomic mass is 9.93. The van der Waals surface area contributed by atoms with Crippen molar-refractivity contribution in [1.29, 1.82) is 0 Å². The molecule has 1 saturated carbocycles. The Balaban J connectivity index is 1.31. The molecular weight excluding hydrogens is 444 g/mol. The number of amides is 1. The van der Waals surface area contributed by atoms with Gasteiger partial charge in [0.2, 0.25) is 0 Å². The normalized spacial score (nSPS) is 22.4. The molecule has 2 fully saturated rings. The molecule has 0 unspecified atom stereocenters. The van der Waals surface area contributed by atoms with E-state index in [1.54, 1.807) is 11.3 Å². The second-order valence-electron chi connectivity index (χ2n) is 8.72. The van der Waals surface area contributed by atoms with Gasteiger partial charge in [-0.3, -0.25) is 4.79 Å². The highest BCUT2D eigenvalue weighted by atomic mass is 32.1. The van der Waals surface area contributed by atoms with E-state index in [-0.39, 0.29) is 12.0 Å². The number of likely N-dealkylation sites (N-methyl/N-ethyl adjacent to an activating group) is 1. The number of hydrogen-bond donors (Lipinski definition) is 2. The number of carbonyl (C=O) groups is 1. The summed E-state index contributed by atoms with van der Waals surface area (Å²) in [4.78, 5) is 27.5. The van der Waals surface area contributed by atoms with Gasteiger partial charge in [-0.05, 0) is 61.8 Å². The van der Waals surface area contributed by atoms with Gasteiger partial charge in [-0.15, -0.1) is 11.3 Å². The van der Waals surface area contributed by atoms with E-state index in [1.165, 1.54) is 11.5 Å². The molecule has 32 heavy (non-hydrogen) atoms. The lowest BCUT2D eigenvalue weighted by Gasteiger charge is -2.31. The fourth-order valence-electron chi connectivity index (χ4n) is 4.33. The Bertz CT molecular complexity index is 1080. The fourth-order valence-corrected chi connectivity index (χ4v) is 5.81. The van der Waals surface area contributed by atoms with E-state index < -0.39 is 0 Å². The van der Waals surface area contributed by atoms with Crippen molar-refractivity contribution in [2.75, 3.05) is 38.5 Å². The minimum absolute atomic E-state index is 0.0108. The number of fused-ring (bicyclic) bond motifs is 1. The summed E-state index contributed by atoms with van der Waals surface area (Å²) < 4.78 is 5.49. The fraction of sp³-hybridized carbons (Fsp3) is 0.545. The maximum Gasteiger partial charge on any atom is 0.273 e. The van der Waals surface area contributed by atoms with Crippen molar-refractivity contribution in [3.8, 4) is 0 Å². The highest BCUT2D eigenvalue weighted by molar-refractivity contribution is 7.17. The second-order valence-corrected chi connectivity index (χ2v) is 10.5. The number of anilines is 1. The van der Waals surface area contributed by atoms with Gasteiger partial charge in [0.1, 0.15) is 17.3 Å². The monoisotopic (exact) mass is 472 g/mol. The van der Waals surface area contributed by atoms with E-state index in [2.05, 4.69) is 21.6 Å². The molecule has 4 heterocycles. The molecule has 0 radical (unpaired) electrons. The number of nitrogens with one attached hydrogen (secondary N) is 1. The number of aliphatic hydroxyl groups is 1. The minimum Gasteiger partial charge on any atom is -0.393 e. The average Bonchev–Trinajstić information content (AvgIpc) is 3.45. The van der Waals surface area contributed by atoms with Gasteiger partial charge < -0.3 is 20.2 Å². The van der Waals surface area contributed by atoms with E-state index in [0.29, 0.717) is 18.2 Å². The summed E-state index contributed by atoms with van der Waals surface area (Å²) in [6.07, 6.45) is 3.92. The zero-order chi connectivity index (χ0) is 22.1. The summed E-state index contributed by atoms with van der Waals surface area (Å²) in [5.74, 6) is 1.62. The summed E-state index contributed by atoms with van der Waals surface area (Å²) in [6, 6.07) is 4.24. The largest absolute Gasteiger partial charge is 0.393 e. The standard InChI is InChI=1S/C22H28N6O2S2/c1-27-7-9-28(10-8-27)22(30)18-12-16(32-26-18)13-19-24-17-6-11-31-20(17)21(25-19)23-14-2-4-15(29)5-3-14/h6,11-12,14-15,29H,2-5,7-10,13H2,1H3,(H,23,24,25). The highest BCUT2D eigenvalue weighted by Crippen LogP contribution is 2.30. The van der Waals surface area contributed by atoms with Crippen molar-refractivity contribution >= 4 is 44.8 Å². The number of aliphatic hydroxyl groups excluding tert-OH is 1. The Morgan fingerprint density at radius 3 is 2.75 bits per heavy atom.